The van der Waals surface area contributed by atoms with Crippen molar-refractivity contribution in [3.8, 4) is 0 Å². The van der Waals surface area contributed by atoms with Crippen molar-refractivity contribution in [2.75, 3.05) is 16.8 Å². The van der Waals surface area contributed by atoms with Gasteiger partial charge in [0.05, 0.1) is 0 Å². The number of hydrogen-bond acceptors (Lipinski definition) is 3. The molecular formula is C15H24N2OS. The van der Waals surface area contributed by atoms with Crippen molar-refractivity contribution in [2.45, 2.75) is 38.9 Å². The van der Waals surface area contributed by atoms with Crippen molar-refractivity contribution in [3.63, 3.8) is 0 Å². The molecule has 0 aromatic heterocycles. The van der Waals surface area contributed by atoms with Gasteiger partial charge in [-0.15, -0.1) is 0 Å². The molecule has 3 N–H and O–H groups in total. The highest BCUT2D eigenvalue weighted by Gasteiger charge is 2.08. The summed E-state index contributed by atoms with van der Waals surface area (Å²) in [6.45, 7) is 6.69. The maximum absolute atomic E-state index is 11.7. The molecule has 1 aromatic carbocycles. The van der Waals surface area contributed by atoms with Gasteiger partial charge >= 0.3 is 0 Å². The summed E-state index contributed by atoms with van der Waals surface area (Å²) >= 11 is 1.94. The number of amides is 1. The van der Waals surface area contributed by atoms with Gasteiger partial charge in [0, 0.05) is 23.0 Å². The molecule has 19 heavy (non-hydrogen) atoms. The van der Waals surface area contributed by atoms with E-state index < -0.39 is 0 Å². The van der Waals surface area contributed by atoms with E-state index in [0.29, 0.717) is 23.3 Å². The van der Waals surface area contributed by atoms with Gasteiger partial charge in [-0.1, -0.05) is 26.8 Å². The Labute approximate surface area is 120 Å². The van der Waals surface area contributed by atoms with Crippen LogP contribution in [0.1, 0.15) is 33.6 Å². The van der Waals surface area contributed by atoms with Gasteiger partial charge in [-0.3, -0.25) is 4.79 Å². The molecule has 0 saturated heterocycles. The Morgan fingerprint density at radius 2 is 2.11 bits per heavy atom. The first-order valence-electron chi connectivity index (χ1n) is 6.76. The SMILES string of the molecule is CC(C)C(C)SCCCC(=O)Nc1cccc(N)c1. The third kappa shape index (κ3) is 6.53. The average molecular weight is 280 g/mol. The summed E-state index contributed by atoms with van der Waals surface area (Å²) in [5.74, 6) is 1.78. The van der Waals surface area contributed by atoms with Crippen LogP contribution in [0.3, 0.4) is 0 Å². The van der Waals surface area contributed by atoms with Crippen LogP contribution in [0, 0.1) is 5.92 Å². The van der Waals surface area contributed by atoms with Crippen molar-refractivity contribution in [1.29, 1.82) is 0 Å². The van der Waals surface area contributed by atoms with Gasteiger partial charge in [0.25, 0.3) is 0 Å². The predicted molar refractivity (Wildman–Crippen MR) is 85.5 cm³/mol. The number of carbonyl (C=O) groups excluding carboxylic acids is 1. The van der Waals surface area contributed by atoms with Gasteiger partial charge in [0.1, 0.15) is 0 Å². The van der Waals surface area contributed by atoms with E-state index in [1.54, 1.807) is 12.1 Å². The van der Waals surface area contributed by atoms with Crippen LogP contribution in [-0.2, 0) is 4.79 Å². The Morgan fingerprint density at radius 1 is 1.37 bits per heavy atom. The molecule has 106 valence electrons. The number of hydrogen-bond donors (Lipinski definition) is 2. The molecule has 0 radical (unpaired) electrons. The smallest absolute Gasteiger partial charge is 0.224 e. The quantitative estimate of drug-likeness (QED) is 0.590. The van der Waals surface area contributed by atoms with Crippen LogP contribution in [-0.4, -0.2) is 16.9 Å². The van der Waals surface area contributed by atoms with Gasteiger partial charge in [0.2, 0.25) is 5.91 Å². The zero-order chi connectivity index (χ0) is 14.3. The number of benzene rings is 1. The number of nitrogens with one attached hydrogen (secondary N) is 1. The molecule has 1 amide bonds. The number of rotatable bonds is 7. The van der Waals surface area contributed by atoms with E-state index in [0.717, 1.165) is 17.9 Å². The molecule has 0 aliphatic carbocycles. The molecule has 1 atom stereocenters. The van der Waals surface area contributed by atoms with E-state index in [-0.39, 0.29) is 5.91 Å². The van der Waals surface area contributed by atoms with Gasteiger partial charge in [0.15, 0.2) is 0 Å². The van der Waals surface area contributed by atoms with Gasteiger partial charge in [-0.25, -0.2) is 0 Å². The van der Waals surface area contributed by atoms with Crippen molar-refractivity contribution in [2.24, 2.45) is 5.92 Å². The van der Waals surface area contributed by atoms with E-state index in [2.05, 4.69) is 26.1 Å². The number of nitrogen functional groups attached to an aromatic ring is 1. The second-order valence-corrected chi connectivity index (χ2v) is 6.58. The second kappa shape index (κ2) is 8.10. The van der Waals surface area contributed by atoms with E-state index in [9.17, 15) is 4.79 Å². The summed E-state index contributed by atoms with van der Waals surface area (Å²) in [5, 5.41) is 3.52. The van der Waals surface area contributed by atoms with Crippen molar-refractivity contribution in [3.05, 3.63) is 24.3 Å². The standard InChI is InChI=1S/C15H24N2OS/c1-11(2)12(3)19-9-5-8-15(18)17-14-7-4-6-13(16)10-14/h4,6-7,10-12H,5,8-9,16H2,1-3H3,(H,17,18). The summed E-state index contributed by atoms with van der Waals surface area (Å²) in [4.78, 5) is 11.7. The Kier molecular flexibility index (Phi) is 6.78. The molecule has 0 spiro atoms. The van der Waals surface area contributed by atoms with E-state index in [1.807, 2.05) is 23.9 Å². The van der Waals surface area contributed by atoms with Crippen LogP contribution >= 0.6 is 11.8 Å². The van der Waals surface area contributed by atoms with Crippen LogP contribution in [0.4, 0.5) is 11.4 Å². The number of thioether (sulfide) groups is 1. The summed E-state index contributed by atoms with van der Waals surface area (Å²) in [7, 11) is 0. The van der Waals surface area contributed by atoms with E-state index in [4.69, 9.17) is 5.73 Å². The minimum atomic E-state index is 0.0587. The fraction of sp³-hybridized carbons (Fsp3) is 0.533. The lowest BCUT2D eigenvalue weighted by Crippen LogP contribution is -2.12. The van der Waals surface area contributed by atoms with Crippen LogP contribution in [0.2, 0.25) is 0 Å². The maximum Gasteiger partial charge on any atom is 0.224 e. The molecular weight excluding hydrogens is 256 g/mol. The first kappa shape index (κ1) is 15.9. The zero-order valence-corrected chi connectivity index (χ0v) is 12.8. The minimum Gasteiger partial charge on any atom is -0.399 e. The molecule has 0 aliphatic heterocycles. The summed E-state index contributed by atoms with van der Waals surface area (Å²) < 4.78 is 0. The monoisotopic (exact) mass is 280 g/mol. The normalized spacial score (nSPS) is 12.4. The fourth-order valence-corrected chi connectivity index (χ4v) is 2.60. The number of carbonyl (C=O) groups is 1. The van der Waals surface area contributed by atoms with E-state index in [1.165, 1.54) is 0 Å². The molecule has 4 heteroatoms. The molecule has 1 rings (SSSR count). The van der Waals surface area contributed by atoms with Crippen LogP contribution in [0.15, 0.2) is 24.3 Å². The Morgan fingerprint density at radius 3 is 2.74 bits per heavy atom. The highest BCUT2D eigenvalue weighted by molar-refractivity contribution is 7.99. The van der Waals surface area contributed by atoms with Gasteiger partial charge in [-0.05, 0) is 36.3 Å². The van der Waals surface area contributed by atoms with Gasteiger partial charge in [-0.2, -0.15) is 11.8 Å². The lowest BCUT2D eigenvalue weighted by molar-refractivity contribution is -0.116. The highest BCUT2D eigenvalue weighted by atomic mass is 32.2. The van der Waals surface area contributed by atoms with Crippen molar-refractivity contribution >= 4 is 29.0 Å². The average Bonchev–Trinajstić information content (AvgIpc) is 2.34. The molecule has 0 bridgehead atoms. The zero-order valence-electron chi connectivity index (χ0n) is 12.0. The third-order valence-electron chi connectivity index (χ3n) is 3.04. The van der Waals surface area contributed by atoms with Crippen LogP contribution in [0.25, 0.3) is 0 Å². The molecule has 1 unspecified atom stereocenters. The van der Waals surface area contributed by atoms with Gasteiger partial charge < -0.3 is 11.1 Å². The lowest BCUT2D eigenvalue weighted by Gasteiger charge is -2.14. The maximum atomic E-state index is 11.7. The topological polar surface area (TPSA) is 55.1 Å². The lowest BCUT2D eigenvalue weighted by atomic mass is 10.2. The first-order valence-corrected chi connectivity index (χ1v) is 7.81. The predicted octanol–water partition coefficient (Wildman–Crippen LogP) is 3.77. The van der Waals surface area contributed by atoms with E-state index >= 15 is 0 Å². The molecule has 0 heterocycles. The number of nitrogens with two attached hydrogens (primary N) is 1. The minimum absolute atomic E-state index is 0.0587. The Bertz CT molecular complexity index is 407. The molecule has 1 aromatic rings. The summed E-state index contributed by atoms with van der Waals surface area (Å²) in [5.41, 5.74) is 7.10. The molecule has 0 fully saturated rings. The highest BCUT2D eigenvalue weighted by Crippen LogP contribution is 2.20. The second-order valence-electron chi connectivity index (χ2n) is 5.10. The fourth-order valence-electron chi connectivity index (χ4n) is 1.53. The summed E-state index contributed by atoms with van der Waals surface area (Å²) in [6, 6.07) is 7.27. The van der Waals surface area contributed by atoms with Crippen LogP contribution < -0.4 is 11.1 Å². The molecule has 3 nitrogen and oxygen atoms in total. The van der Waals surface area contributed by atoms with Crippen molar-refractivity contribution < 1.29 is 4.79 Å². The van der Waals surface area contributed by atoms with Crippen LogP contribution in [0.5, 0.6) is 0 Å². The molecule has 0 aliphatic rings. The Hall–Kier alpha value is -1.16. The first-order chi connectivity index (χ1) is 8.99. The largest absolute Gasteiger partial charge is 0.399 e. The van der Waals surface area contributed by atoms with Crippen molar-refractivity contribution in [1.82, 2.24) is 0 Å². The third-order valence-corrected chi connectivity index (χ3v) is 4.63. The Balaban J connectivity index is 2.22. The number of anilines is 2. The molecule has 0 saturated carbocycles. The summed E-state index contributed by atoms with van der Waals surface area (Å²) in [6.07, 6.45) is 1.47.